The Balaban J connectivity index is 4.28. The molecule has 0 saturated carbocycles. The van der Waals surface area contributed by atoms with Crippen molar-refractivity contribution in [2.24, 2.45) is 0 Å². The van der Waals surface area contributed by atoms with E-state index in [0.717, 1.165) is 0 Å². The normalized spacial score (nSPS) is 12.3. The summed E-state index contributed by atoms with van der Waals surface area (Å²) in [4.78, 5) is 0. The van der Waals surface area contributed by atoms with Gasteiger partial charge in [0.25, 0.3) is 5.95 Å². The molecule has 0 aromatic carbocycles. The van der Waals surface area contributed by atoms with Crippen molar-refractivity contribution in [3.05, 3.63) is 11.5 Å². The topological polar surface area (TPSA) is 53.3 Å². The molecule has 9 heavy (non-hydrogen) atoms. The van der Waals surface area contributed by atoms with E-state index < -0.39 is 0 Å². The maximum atomic E-state index is 8.81. The molecule has 0 spiro atoms. The number of hydrogen-bond acceptors (Lipinski definition) is 3. The Kier molecular flexibility index (Phi) is 2.78. The minimum atomic E-state index is -0.178. The predicted octanol–water partition coefficient (Wildman–Crippen LogP) is 1.46. The summed E-state index contributed by atoms with van der Waals surface area (Å²) in [6, 6.07) is 0. The van der Waals surface area contributed by atoms with E-state index >= 15 is 0 Å². The van der Waals surface area contributed by atoms with E-state index in [1.807, 2.05) is 0 Å². The van der Waals surface area contributed by atoms with Crippen molar-refractivity contribution in [3.8, 4) is 0 Å². The summed E-state index contributed by atoms with van der Waals surface area (Å²) < 4.78 is 4.47. The van der Waals surface area contributed by atoms with Crippen molar-refractivity contribution in [2.45, 2.75) is 13.8 Å². The van der Waals surface area contributed by atoms with Gasteiger partial charge in [-0.15, -0.1) is 0 Å². The standard InChI is InChI=1S/C6H11NO2/c1-4(5(2)7)6(8)9-3/h7-8H,1-3H3/b6-4+,7-5?. The molecule has 0 aliphatic heterocycles. The fraction of sp³-hybridized carbons (Fsp3) is 0.500. The molecule has 0 unspecified atom stereocenters. The molecule has 0 aliphatic carbocycles. The maximum absolute atomic E-state index is 8.81. The predicted molar refractivity (Wildman–Crippen MR) is 35.7 cm³/mol. The van der Waals surface area contributed by atoms with Crippen LogP contribution in [0.2, 0.25) is 0 Å². The van der Waals surface area contributed by atoms with Crippen LogP contribution in [0.25, 0.3) is 0 Å². The van der Waals surface area contributed by atoms with E-state index in [2.05, 4.69) is 4.74 Å². The first kappa shape index (κ1) is 8.01. The number of rotatable bonds is 2. The summed E-state index contributed by atoms with van der Waals surface area (Å²) in [6.07, 6.45) is 0. The molecule has 0 atom stereocenters. The monoisotopic (exact) mass is 129 g/mol. The molecule has 0 heterocycles. The van der Waals surface area contributed by atoms with E-state index in [9.17, 15) is 0 Å². The molecule has 0 fully saturated rings. The van der Waals surface area contributed by atoms with Crippen molar-refractivity contribution < 1.29 is 9.84 Å². The lowest BCUT2D eigenvalue weighted by Crippen LogP contribution is -1.97. The fourth-order valence-electron chi connectivity index (χ4n) is 0.313. The van der Waals surface area contributed by atoms with Gasteiger partial charge in [-0.2, -0.15) is 0 Å². The van der Waals surface area contributed by atoms with E-state index in [4.69, 9.17) is 10.5 Å². The Morgan fingerprint density at radius 3 is 2.00 bits per heavy atom. The molecule has 3 heteroatoms. The molecule has 2 N–H and O–H groups in total. The molecule has 0 radical (unpaired) electrons. The average Bonchev–Trinajstić information content (AvgIpc) is 1.84. The molecule has 0 saturated heterocycles. The van der Waals surface area contributed by atoms with E-state index in [-0.39, 0.29) is 5.95 Å². The van der Waals surface area contributed by atoms with Crippen molar-refractivity contribution >= 4 is 5.71 Å². The number of hydrogen-bond donors (Lipinski definition) is 2. The lowest BCUT2D eigenvalue weighted by molar-refractivity contribution is 0.133. The third-order valence-electron chi connectivity index (χ3n) is 1.08. The zero-order valence-electron chi connectivity index (χ0n) is 5.86. The van der Waals surface area contributed by atoms with Gasteiger partial charge in [0.15, 0.2) is 0 Å². The lowest BCUT2D eigenvalue weighted by Gasteiger charge is -2.00. The Morgan fingerprint density at radius 2 is 1.89 bits per heavy atom. The van der Waals surface area contributed by atoms with Crippen molar-refractivity contribution in [1.29, 1.82) is 5.41 Å². The molecule has 0 aromatic rings. The smallest absolute Gasteiger partial charge is 0.281 e. The minimum Gasteiger partial charge on any atom is -0.481 e. The van der Waals surface area contributed by atoms with Crippen LogP contribution >= 0.6 is 0 Å². The minimum absolute atomic E-state index is 0.178. The van der Waals surface area contributed by atoms with Crippen molar-refractivity contribution in [2.75, 3.05) is 7.11 Å². The van der Waals surface area contributed by atoms with E-state index in [1.54, 1.807) is 13.8 Å². The highest BCUT2D eigenvalue weighted by molar-refractivity contribution is 5.95. The van der Waals surface area contributed by atoms with Gasteiger partial charge in [-0.25, -0.2) is 0 Å². The summed E-state index contributed by atoms with van der Waals surface area (Å²) in [5.41, 5.74) is 0.784. The molecule has 0 rings (SSSR count). The Hall–Kier alpha value is -0.990. The van der Waals surface area contributed by atoms with Gasteiger partial charge in [0, 0.05) is 11.3 Å². The number of methoxy groups -OCH3 is 1. The quantitative estimate of drug-likeness (QED) is 0.438. The number of aliphatic hydroxyl groups is 1. The zero-order chi connectivity index (χ0) is 7.44. The van der Waals surface area contributed by atoms with E-state index in [1.165, 1.54) is 7.11 Å². The fourth-order valence-corrected chi connectivity index (χ4v) is 0.313. The molecular formula is C6H11NO2. The number of ether oxygens (including phenoxy) is 1. The molecular weight excluding hydrogens is 118 g/mol. The van der Waals surface area contributed by atoms with Gasteiger partial charge < -0.3 is 15.3 Å². The third kappa shape index (κ3) is 2.17. The first-order valence-corrected chi connectivity index (χ1v) is 2.59. The molecule has 0 amide bonds. The van der Waals surface area contributed by atoms with Crippen LogP contribution in [-0.4, -0.2) is 17.9 Å². The van der Waals surface area contributed by atoms with Crippen LogP contribution in [0.1, 0.15) is 13.8 Å². The largest absolute Gasteiger partial charge is 0.481 e. The van der Waals surface area contributed by atoms with Crippen LogP contribution in [0.5, 0.6) is 0 Å². The average molecular weight is 129 g/mol. The van der Waals surface area contributed by atoms with Gasteiger partial charge in [0.2, 0.25) is 0 Å². The summed E-state index contributed by atoms with van der Waals surface area (Å²) in [5.74, 6) is -0.178. The zero-order valence-corrected chi connectivity index (χ0v) is 5.86. The molecule has 0 aliphatic rings. The van der Waals surface area contributed by atoms with Gasteiger partial charge in [-0.05, 0) is 13.8 Å². The second kappa shape index (κ2) is 3.12. The Bertz CT molecular complexity index is 149. The summed E-state index contributed by atoms with van der Waals surface area (Å²) in [5, 5.41) is 15.8. The SMILES string of the molecule is CO/C(O)=C(\C)C(C)=N. The van der Waals surface area contributed by atoms with Crippen LogP contribution in [-0.2, 0) is 4.74 Å². The molecule has 0 bridgehead atoms. The first-order valence-electron chi connectivity index (χ1n) is 2.59. The van der Waals surface area contributed by atoms with Crippen LogP contribution in [0.3, 0.4) is 0 Å². The van der Waals surface area contributed by atoms with Crippen LogP contribution in [0.4, 0.5) is 0 Å². The van der Waals surface area contributed by atoms with E-state index in [0.29, 0.717) is 11.3 Å². The summed E-state index contributed by atoms with van der Waals surface area (Å²) in [7, 11) is 1.36. The van der Waals surface area contributed by atoms with Crippen LogP contribution < -0.4 is 0 Å². The van der Waals surface area contributed by atoms with Gasteiger partial charge in [0.05, 0.1) is 7.11 Å². The third-order valence-corrected chi connectivity index (χ3v) is 1.08. The summed E-state index contributed by atoms with van der Waals surface area (Å²) in [6.45, 7) is 3.21. The van der Waals surface area contributed by atoms with Crippen molar-refractivity contribution in [3.63, 3.8) is 0 Å². The van der Waals surface area contributed by atoms with Crippen molar-refractivity contribution in [1.82, 2.24) is 0 Å². The second-order valence-electron chi connectivity index (χ2n) is 1.76. The molecule has 3 nitrogen and oxygen atoms in total. The van der Waals surface area contributed by atoms with Crippen LogP contribution in [0.15, 0.2) is 11.5 Å². The highest BCUT2D eigenvalue weighted by Crippen LogP contribution is 2.01. The maximum Gasteiger partial charge on any atom is 0.281 e. The van der Waals surface area contributed by atoms with Gasteiger partial charge in [-0.3, -0.25) is 0 Å². The summed E-state index contributed by atoms with van der Waals surface area (Å²) >= 11 is 0. The van der Waals surface area contributed by atoms with Gasteiger partial charge in [0.1, 0.15) is 0 Å². The van der Waals surface area contributed by atoms with Gasteiger partial charge in [-0.1, -0.05) is 0 Å². The highest BCUT2D eigenvalue weighted by atomic mass is 16.6. The lowest BCUT2D eigenvalue weighted by atomic mass is 10.2. The number of allylic oxidation sites excluding steroid dienone is 1. The second-order valence-corrected chi connectivity index (χ2v) is 1.76. The Morgan fingerprint density at radius 1 is 1.44 bits per heavy atom. The molecule has 52 valence electrons. The van der Waals surface area contributed by atoms with Crippen LogP contribution in [0, 0.1) is 5.41 Å². The Labute approximate surface area is 54.5 Å². The number of nitrogens with one attached hydrogen (secondary N) is 1. The van der Waals surface area contributed by atoms with Gasteiger partial charge >= 0.3 is 0 Å². The number of aliphatic hydroxyl groups excluding tert-OH is 1. The first-order chi connectivity index (χ1) is 4.09. The highest BCUT2D eigenvalue weighted by Gasteiger charge is 1.99. The molecule has 0 aromatic heterocycles.